The number of ether oxygens (including phenoxy) is 1. The van der Waals surface area contributed by atoms with E-state index in [1.54, 1.807) is 6.07 Å². The molecule has 1 amide bonds. The average Bonchev–Trinajstić information content (AvgIpc) is 3.21. The molecule has 2 aromatic rings. The number of nitro groups is 1. The maximum absolute atomic E-state index is 11.8. The van der Waals surface area contributed by atoms with Gasteiger partial charge in [0.1, 0.15) is 11.0 Å². The molecule has 26 heavy (non-hydrogen) atoms. The van der Waals surface area contributed by atoms with Crippen molar-refractivity contribution in [2.75, 3.05) is 18.4 Å². The molecule has 11 nitrogen and oxygen atoms in total. The Labute approximate surface area is 146 Å². The first-order valence-corrected chi connectivity index (χ1v) is 7.44. The molecule has 3 rings (SSSR count). The predicted octanol–water partition coefficient (Wildman–Crippen LogP) is 1.87. The Kier molecular flexibility index (Phi) is 4.60. The third kappa shape index (κ3) is 3.83. The minimum absolute atomic E-state index is 0.130. The van der Waals surface area contributed by atoms with Crippen LogP contribution in [-0.2, 0) is 4.74 Å². The van der Waals surface area contributed by atoms with Crippen LogP contribution >= 0.6 is 0 Å². The van der Waals surface area contributed by atoms with Gasteiger partial charge in [-0.2, -0.15) is 10.1 Å². The summed E-state index contributed by atoms with van der Waals surface area (Å²) in [4.78, 5) is 21.6. The van der Waals surface area contributed by atoms with Gasteiger partial charge in [0.05, 0.1) is 25.4 Å². The fraction of sp³-hybridized carbons (Fsp3) is 0.200. The van der Waals surface area contributed by atoms with Crippen molar-refractivity contribution in [2.24, 2.45) is 5.10 Å². The zero-order valence-corrected chi connectivity index (χ0v) is 13.2. The van der Waals surface area contributed by atoms with Crippen molar-refractivity contribution >= 4 is 23.9 Å². The van der Waals surface area contributed by atoms with Gasteiger partial charge in [-0.25, -0.2) is 4.79 Å². The third-order valence-corrected chi connectivity index (χ3v) is 3.48. The number of hydrazone groups is 1. The minimum Gasteiger partial charge on any atom is -0.504 e. The maximum atomic E-state index is 11.8. The number of hydrogen-bond acceptors (Lipinski definition) is 9. The predicted molar refractivity (Wildman–Crippen MR) is 88.2 cm³/mol. The van der Waals surface area contributed by atoms with Crippen molar-refractivity contribution in [3.63, 3.8) is 0 Å². The van der Waals surface area contributed by atoms with E-state index in [1.165, 1.54) is 30.5 Å². The van der Waals surface area contributed by atoms with E-state index >= 15 is 0 Å². The largest absolute Gasteiger partial charge is 0.504 e. The summed E-state index contributed by atoms with van der Waals surface area (Å²) in [5.41, 5.74) is 0.543. The molecule has 1 aliphatic rings. The molecule has 0 spiro atoms. The molecule has 0 aliphatic carbocycles. The van der Waals surface area contributed by atoms with Crippen LogP contribution in [0.3, 0.4) is 0 Å². The van der Waals surface area contributed by atoms with Crippen LogP contribution in [0.25, 0.3) is 0 Å². The summed E-state index contributed by atoms with van der Waals surface area (Å²) in [6.45, 7) is 0.420. The van der Waals surface area contributed by atoms with Crippen LogP contribution < -0.4 is 5.32 Å². The Morgan fingerprint density at radius 1 is 1.35 bits per heavy atom. The van der Waals surface area contributed by atoms with E-state index in [2.05, 4.69) is 10.4 Å². The molecule has 11 heteroatoms. The Morgan fingerprint density at radius 3 is 2.85 bits per heavy atom. The maximum Gasteiger partial charge on any atom is 0.433 e. The number of phenols is 2. The zero-order valence-electron chi connectivity index (χ0n) is 13.2. The number of nitrogens with one attached hydrogen (secondary N) is 1. The molecule has 3 N–H and O–H groups in total. The topological polar surface area (TPSA) is 151 Å². The summed E-state index contributed by atoms with van der Waals surface area (Å²) in [6.07, 6.45) is 0.0198. The summed E-state index contributed by atoms with van der Waals surface area (Å²) in [5.74, 6) is -0.793. The van der Waals surface area contributed by atoms with Gasteiger partial charge in [0.15, 0.2) is 17.3 Å². The van der Waals surface area contributed by atoms with Gasteiger partial charge < -0.3 is 24.7 Å². The number of anilines is 1. The normalized spacial score (nSPS) is 16.8. The van der Waals surface area contributed by atoms with Gasteiger partial charge in [0, 0.05) is 11.8 Å². The molecule has 1 saturated heterocycles. The number of cyclic esters (lactones) is 1. The molecule has 1 atom stereocenters. The Hall–Kier alpha value is -3.76. The lowest BCUT2D eigenvalue weighted by atomic mass is 10.2. The third-order valence-electron chi connectivity index (χ3n) is 3.48. The highest BCUT2D eigenvalue weighted by Crippen LogP contribution is 2.27. The number of furan rings is 1. The van der Waals surface area contributed by atoms with Gasteiger partial charge in [-0.05, 0) is 18.2 Å². The van der Waals surface area contributed by atoms with Crippen molar-refractivity contribution in [2.45, 2.75) is 6.10 Å². The number of nitrogens with zero attached hydrogens (tertiary/aromatic N) is 3. The molecule has 0 bridgehead atoms. The summed E-state index contributed by atoms with van der Waals surface area (Å²) in [5, 5.41) is 37.2. The number of carbonyl (C=O) groups excluding carboxylic acids is 1. The highest BCUT2D eigenvalue weighted by molar-refractivity contribution is 5.78. The summed E-state index contributed by atoms with van der Waals surface area (Å²) in [6, 6.07) is 6.78. The molecule has 136 valence electrons. The molecule has 1 fully saturated rings. The van der Waals surface area contributed by atoms with Gasteiger partial charge in [-0.15, -0.1) is 0 Å². The summed E-state index contributed by atoms with van der Waals surface area (Å²) < 4.78 is 10.1. The molecular formula is C15H14N4O7. The Morgan fingerprint density at radius 2 is 2.15 bits per heavy atom. The van der Waals surface area contributed by atoms with Gasteiger partial charge in [0.25, 0.3) is 0 Å². The first-order chi connectivity index (χ1) is 12.4. The van der Waals surface area contributed by atoms with E-state index in [1.807, 2.05) is 0 Å². The van der Waals surface area contributed by atoms with Crippen LogP contribution in [0.4, 0.5) is 16.4 Å². The van der Waals surface area contributed by atoms with E-state index in [0.717, 1.165) is 5.01 Å². The highest BCUT2D eigenvalue weighted by Gasteiger charge is 2.31. The molecule has 1 aliphatic heterocycles. The van der Waals surface area contributed by atoms with Crippen molar-refractivity contribution in [3.8, 4) is 11.5 Å². The second-order valence-corrected chi connectivity index (χ2v) is 5.35. The van der Waals surface area contributed by atoms with Gasteiger partial charge in [-0.1, -0.05) is 0 Å². The van der Waals surface area contributed by atoms with Gasteiger partial charge in [0.2, 0.25) is 0 Å². The number of phenolic OH excluding ortho intramolecular Hbond substituents is 2. The van der Waals surface area contributed by atoms with Gasteiger partial charge >= 0.3 is 12.0 Å². The van der Waals surface area contributed by atoms with Crippen LogP contribution in [0.1, 0.15) is 5.76 Å². The van der Waals surface area contributed by atoms with Crippen molar-refractivity contribution in [3.05, 3.63) is 46.2 Å². The van der Waals surface area contributed by atoms with E-state index in [4.69, 9.17) is 9.15 Å². The van der Waals surface area contributed by atoms with Crippen molar-refractivity contribution in [1.82, 2.24) is 5.01 Å². The first kappa shape index (κ1) is 17.1. The van der Waals surface area contributed by atoms with Crippen LogP contribution in [0.15, 0.2) is 39.9 Å². The monoisotopic (exact) mass is 362 g/mol. The molecule has 0 radical (unpaired) electrons. The molecule has 0 unspecified atom stereocenters. The summed E-state index contributed by atoms with van der Waals surface area (Å²) >= 11 is 0. The van der Waals surface area contributed by atoms with Crippen molar-refractivity contribution < 1.29 is 29.1 Å². The van der Waals surface area contributed by atoms with Crippen LogP contribution in [0, 0.1) is 10.1 Å². The minimum atomic E-state index is -0.676. The van der Waals surface area contributed by atoms with E-state index in [0.29, 0.717) is 5.69 Å². The number of aromatic hydroxyl groups is 2. The smallest absolute Gasteiger partial charge is 0.433 e. The molecule has 1 aromatic carbocycles. The Balaban J connectivity index is 1.55. The van der Waals surface area contributed by atoms with Crippen molar-refractivity contribution in [1.29, 1.82) is 0 Å². The SMILES string of the molecule is O=C1O[C@@H](CNc2ccc(O)c(O)c2)CN1N=Cc1ccc([N+](=O)[O-])o1. The number of hydrogen-bond donors (Lipinski definition) is 3. The number of benzene rings is 1. The zero-order chi connectivity index (χ0) is 18.7. The standard InChI is InChI=1S/C15H14N4O7/c20-12-3-1-9(5-13(12)21)16-6-11-8-18(15(22)26-11)17-7-10-2-4-14(25-10)19(23)24/h1-5,7,11,16,20-21H,6,8H2/t11-/m0/s1. The lowest BCUT2D eigenvalue weighted by Crippen LogP contribution is -2.24. The fourth-order valence-electron chi connectivity index (χ4n) is 2.21. The van der Waals surface area contributed by atoms with E-state index in [9.17, 15) is 25.1 Å². The van der Waals surface area contributed by atoms with Crippen LogP contribution in [0.5, 0.6) is 11.5 Å². The molecular weight excluding hydrogens is 348 g/mol. The average molecular weight is 362 g/mol. The van der Waals surface area contributed by atoms with Gasteiger partial charge in [-0.3, -0.25) is 10.1 Å². The van der Waals surface area contributed by atoms with E-state index < -0.39 is 23.0 Å². The molecule has 1 aromatic heterocycles. The molecule has 2 heterocycles. The van der Waals surface area contributed by atoms with Crippen LogP contribution in [-0.4, -0.2) is 51.6 Å². The Bertz CT molecular complexity index is 863. The number of amides is 1. The second kappa shape index (κ2) is 7.01. The second-order valence-electron chi connectivity index (χ2n) is 5.35. The number of carbonyl (C=O) groups is 1. The van der Waals surface area contributed by atoms with E-state index in [-0.39, 0.29) is 30.3 Å². The lowest BCUT2D eigenvalue weighted by molar-refractivity contribution is -0.402. The molecule has 0 saturated carbocycles. The number of rotatable bonds is 6. The first-order valence-electron chi connectivity index (χ1n) is 7.44. The fourth-order valence-corrected chi connectivity index (χ4v) is 2.21. The van der Waals surface area contributed by atoms with Crippen LogP contribution in [0.2, 0.25) is 0 Å². The quantitative estimate of drug-likeness (QED) is 0.232. The lowest BCUT2D eigenvalue weighted by Gasteiger charge is -2.11. The summed E-state index contributed by atoms with van der Waals surface area (Å²) in [7, 11) is 0. The highest BCUT2D eigenvalue weighted by atomic mass is 16.6.